The molecule has 92 valence electrons. The molecule has 0 saturated carbocycles. The van der Waals surface area contributed by atoms with Crippen LogP contribution in [0.5, 0.6) is 0 Å². The van der Waals surface area contributed by atoms with Gasteiger partial charge in [0.25, 0.3) is 0 Å². The molecule has 0 amide bonds. The van der Waals surface area contributed by atoms with Crippen molar-refractivity contribution in [1.82, 2.24) is 4.90 Å². The van der Waals surface area contributed by atoms with Gasteiger partial charge >= 0.3 is 0 Å². The van der Waals surface area contributed by atoms with E-state index in [-0.39, 0.29) is 0 Å². The first-order valence-electron chi connectivity index (χ1n) is 6.05. The van der Waals surface area contributed by atoms with Crippen molar-refractivity contribution in [3.63, 3.8) is 0 Å². The van der Waals surface area contributed by atoms with E-state index in [1.165, 1.54) is 11.1 Å². The molecular formula is C14H22N2Si. The van der Waals surface area contributed by atoms with E-state index in [9.17, 15) is 0 Å². The van der Waals surface area contributed by atoms with Gasteiger partial charge in [-0.3, -0.25) is 4.90 Å². The van der Waals surface area contributed by atoms with Gasteiger partial charge in [-0.2, -0.15) is 5.26 Å². The van der Waals surface area contributed by atoms with Crippen molar-refractivity contribution in [3.05, 3.63) is 35.4 Å². The molecule has 1 rings (SSSR count). The Labute approximate surface area is 106 Å². The molecule has 1 aromatic rings. The molecule has 1 aromatic carbocycles. The van der Waals surface area contributed by atoms with Gasteiger partial charge in [0.05, 0.1) is 20.7 Å². The summed E-state index contributed by atoms with van der Waals surface area (Å²) < 4.78 is 0. The third-order valence-corrected chi connectivity index (χ3v) is 3.88. The highest BCUT2D eigenvalue weighted by atomic mass is 28.3. The second-order valence-corrected chi connectivity index (χ2v) is 11.3. The normalized spacial score (nSPS) is 11.5. The molecule has 0 aliphatic rings. The van der Waals surface area contributed by atoms with E-state index in [1.807, 2.05) is 0 Å². The van der Waals surface area contributed by atoms with Crippen LogP contribution in [-0.4, -0.2) is 25.7 Å². The molecular weight excluding hydrogens is 224 g/mol. The van der Waals surface area contributed by atoms with E-state index in [1.54, 1.807) is 0 Å². The minimum atomic E-state index is -1.15. The molecule has 0 N–H and O–H groups in total. The molecule has 0 saturated heterocycles. The molecule has 0 radical (unpaired) electrons. The summed E-state index contributed by atoms with van der Waals surface area (Å²) in [6, 6.07) is 10.8. The van der Waals surface area contributed by atoms with Crippen LogP contribution in [0.15, 0.2) is 24.3 Å². The maximum atomic E-state index is 8.89. The van der Waals surface area contributed by atoms with Crippen molar-refractivity contribution >= 4 is 8.07 Å². The van der Waals surface area contributed by atoms with Gasteiger partial charge in [-0.25, -0.2) is 0 Å². The van der Waals surface area contributed by atoms with Gasteiger partial charge in [-0.1, -0.05) is 49.5 Å². The second-order valence-electron chi connectivity index (χ2n) is 5.85. The Morgan fingerprint density at radius 3 is 2.53 bits per heavy atom. The van der Waals surface area contributed by atoms with Crippen LogP contribution in [0.1, 0.15) is 11.1 Å². The van der Waals surface area contributed by atoms with Crippen LogP contribution >= 0.6 is 0 Å². The molecule has 0 aliphatic carbocycles. The molecule has 0 unspecified atom stereocenters. The Bertz CT molecular complexity index is 401. The number of benzene rings is 1. The summed E-state index contributed by atoms with van der Waals surface area (Å²) in [5, 5.41) is 8.89. The Kier molecular flexibility index (Phi) is 4.92. The SMILES string of the molecule is Cc1cccc(CN(CC#N)C[Si](C)(C)C)c1. The molecule has 0 aliphatic heterocycles. The van der Waals surface area contributed by atoms with Crippen molar-refractivity contribution in [2.24, 2.45) is 0 Å². The Morgan fingerprint density at radius 2 is 2.00 bits per heavy atom. The average Bonchev–Trinajstić information content (AvgIpc) is 2.15. The van der Waals surface area contributed by atoms with Crippen LogP contribution in [0.25, 0.3) is 0 Å². The van der Waals surface area contributed by atoms with Gasteiger partial charge in [0.15, 0.2) is 0 Å². The lowest BCUT2D eigenvalue weighted by Gasteiger charge is -2.26. The maximum absolute atomic E-state index is 8.89. The summed E-state index contributed by atoms with van der Waals surface area (Å²) in [5.41, 5.74) is 2.59. The lowest BCUT2D eigenvalue weighted by molar-refractivity contribution is 0.342. The third kappa shape index (κ3) is 5.67. The fraction of sp³-hybridized carbons (Fsp3) is 0.500. The van der Waals surface area contributed by atoms with Crippen molar-refractivity contribution in [2.75, 3.05) is 12.7 Å². The molecule has 0 heterocycles. The number of nitriles is 1. The number of nitrogens with zero attached hydrogens (tertiary/aromatic N) is 2. The highest BCUT2D eigenvalue weighted by Gasteiger charge is 2.18. The largest absolute Gasteiger partial charge is 0.289 e. The first kappa shape index (κ1) is 13.9. The lowest BCUT2D eigenvalue weighted by atomic mass is 10.1. The topological polar surface area (TPSA) is 27.0 Å². The quantitative estimate of drug-likeness (QED) is 0.589. The monoisotopic (exact) mass is 246 g/mol. The molecule has 0 atom stereocenters. The van der Waals surface area contributed by atoms with E-state index in [4.69, 9.17) is 5.26 Å². The zero-order valence-electron chi connectivity index (χ0n) is 11.3. The van der Waals surface area contributed by atoms with Gasteiger partial charge in [-0.15, -0.1) is 0 Å². The Morgan fingerprint density at radius 1 is 1.29 bits per heavy atom. The summed E-state index contributed by atoms with van der Waals surface area (Å²) in [5.74, 6) is 0. The zero-order chi connectivity index (χ0) is 12.9. The summed E-state index contributed by atoms with van der Waals surface area (Å²) >= 11 is 0. The molecule has 3 heteroatoms. The van der Waals surface area contributed by atoms with Crippen molar-refractivity contribution in [3.8, 4) is 6.07 Å². The lowest BCUT2D eigenvalue weighted by Crippen LogP contribution is -2.40. The fourth-order valence-electron chi connectivity index (χ4n) is 2.01. The van der Waals surface area contributed by atoms with Crippen LogP contribution < -0.4 is 0 Å². The molecule has 0 bridgehead atoms. The van der Waals surface area contributed by atoms with Crippen molar-refractivity contribution in [2.45, 2.75) is 33.1 Å². The van der Waals surface area contributed by atoms with Gasteiger partial charge in [0.1, 0.15) is 0 Å². The number of hydrogen-bond donors (Lipinski definition) is 0. The van der Waals surface area contributed by atoms with E-state index >= 15 is 0 Å². The Balaban J connectivity index is 2.70. The van der Waals surface area contributed by atoms with E-state index in [0.717, 1.165) is 12.7 Å². The predicted octanol–water partition coefficient (Wildman–Crippen LogP) is 3.20. The fourth-order valence-corrected chi connectivity index (χ4v) is 3.57. The maximum Gasteiger partial charge on any atom is 0.0866 e. The zero-order valence-corrected chi connectivity index (χ0v) is 12.3. The van der Waals surface area contributed by atoms with Gasteiger partial charge in [-0.05, 0) is 18.7 Å². The molecule has 17 heavy (non-hydrogen) atoms. The predicted molar refractivity (Wildman–Crippen MR) is 75.4 cm³/mol. The van der Waals surface area contributed by atoms with E-state index in [0.29, 0.717) is 6.54 Å². The first-order chi connectivity index (χ1) is 7.90. The minimum absolute atomic E-state index is 0.526. The second kappa shape index (κ2) is 5.99. The average molecular weight is 246 g/mol. The Hall–Kier alpha value is -1.11. The minimum Gasteiger partial charge on any atom is -0.289 e. The molecule has 2 nitrogen and oxygen atoms in total. The molecule has 0 spiro atoms. The van der Waals surface area contributed by atoms with Crippen LogP contribution in [-0.2, 0) is 6.54 Å². The van der Waals surface area contributed by atoms with Crippen molar-refractivity contribution < 1.29 is 0 Å². The first-order valence-corrected chi connectivity index (χ1v) is 9.76. The van der Waals surface area contributed by atoms with Crippen LogP contribution in [0.4, 0.5) is 0 Å². The van der Waals surface area contributed by atoms with Crippen LogP contribution in [0.3, 0.4) is 0 Å². The van der Waals surface area contributed by atoms with E-state index in [2.05, 4.69) is 61.8 Å². The van der Waals surface area contributed by atoms with Crippen molar-refractivity contribution in [1.29, 1.82) is 5.26 Å². The number of aryl methyl sites for hydroxylation is 1. The third-order valence-electron chi connectivity index (χ3n) is 2.48. The summed E-state index contributed by atoms with van der Waals surface area (Å²) in [6.45, 7) is 10.5. The smallest absolute Gasteiger partial charge is 0.0866 e. The van der Waals surface area contributed by atoms with Gasteiger partial charge < -0.3 is 0 Å². The van der Waals surface area contributed by atoms with Gasteiger partial charge in [0.2, 0.25) is 0 Å². The van der Waals surface area contributed by atoms with Gasteiger partial charge in [0, 0.05) is 6.54 Å². The summed E-state index contributed by atoms with van der Waals surface area (Å²) in [4.78, 5) is 2.26. The summed E-state index contributed by atoms with van der Waals surface area (Å²) in [7, 11) is -1.15. The number of rotatable bonds is 5. The molecule has 0 fully saturated rings. The van der Waals surface area contributed by atoms with Crippen LogP contribution in [0.2, 0.25) is 19.6 Å². The standard InChI is InChI=1S/C14H22N2Si/c1-13-6-5-7-14(10-13)11-16(9-8-15)12-17(2,3)4/h5-7,10H,9,11-12H2,1-4H3. The number of hydrogen-bond acceptors (Lipinski definition) is 2. The summed E-state index contributed by atoms with van der Waals surface area (Å²) in [6.07, 6.45) is 1.08. The van der Waals surface area contributed by atoms with Crippen LogP contribution in [0, 0.1) is 18.3 Å². The van der Waals surface area contributed by atoms with E-state index < -0.39 is 8.07 Å². The molecule has 0 aromatic heterocycles. The highest BCUT2D eigenvalue weighted by Crippen LogP contribution is 2.10. The highest BCUT2D eigenvalue weighted by molar-refractivity contribution is 6.76.